The van der Waals surface area contributed by atoms with Crippen LogP contribution in [0, 0.1) is 13.8 Å². The molecular formula is C37H39BN3+. The Morgan fingerprint density at radius 3 is 2.07 bits per heavy atom. The summed E-state index contributed by atoms with van der Waals surface area (Å²) in [6.45, 7) is 14.9. The van der Waals surface area contributed by atoms with Gasteiger partial charge in [-0.2, -0.15) is 4.57 Å². The van der Waals surface area contributed by atoms with Crippen molar-refractivity contribution in [2.24, 2.45) is 0 Å². The number of aryl methyl sites for hydroxylation is 2. The first-order valence-electron chi connectivity index (χ1n) is 15.1. The standard InChI is InChI=1S/C37H39BN3/c1-23(2)27-14-11-15-28(24(3)4)35(27)41-21-20-40-22-30-29(37(40)41)18-19-32-36(30)39(7)33-17-9-8-16-31(33)38(32)34-25(5)12-10-13-26(34)6/h8-21,23-24H,22H2,1-7H3/q+1. The molecule has 41 heavy (non-hydrogen) atoms. The fraction of sp³-hybridized carbons (Fsp3) is 0.270. The maximum Gasteiger partial charge on any atom is 0.294 e. The van der Waals surface area contributed by atoms with Crippen molar-refractivity contribution in [2.75, 3.05) is 11.9 Å². The molecule has 0 amide bonds. The van der Waals surface area contributed by atoms with Gasteiger partial charge in [0.2, 0.25) is 6.71 Å². The molecule has 4 aromatic carbocycles. The second-order valence-corrected chi connectivity index (χ2v) is 12.6. The minimum Gasteiger partial charge on any atom is -0.345 e. The Kier molecular flexibility index (Phi) is 6.01. The van der Waals surface area contributed by atoms with Gasteiger partial charge in [0.25, 0.3) is 5.82 Å². The Balaban J connectivity index is 1.48. The van der Waals surface area contributed by atoms with Gasteiger partial charge in [0.05, 0.1) is 5.56 Å². The minimum atomic E-state index is 0.213. The molecule has 0 saturated carbocycles. The maximum absolute atomic E-state index is 2.47. The van der Waals surface area contributed by atoms with E-state index in [4.69, 9.17) is 0 Å². The van der Waals surface area contributed by atoms with Crippen molar-refractivity contribution in [1.29, 1.82) is 0 Å². The second-order valence-electron chi connectivity index (χ2n) is 12.6. The van der Waals surface area contributed by atoms with Crippen LogP contribution in [0.2, 0.25) is 0 Å². The number of nitrogens with zero attached hydrogens (tertiary/aromatic N) is 3. The molecule has 0 atom stereocenters. The molecule has 0 unspecified atom stereocenters. The molecule has 4 heteroatoms. The van der Waals surface area contributed by atoms with Crippen molar-refractivity contribution in [3.8, 4) is 17.1 Å². The van der Waals surface area contributed by atoms with Gasteiger partial charge in [0, 0.05) is 35.1 Å². The van der Waals surface area contributed by atoms with Crippen molar-refractivity contribution >= 4 is 34.5 Å². The highest BCUT2D eigenvalue weighted by molar-refractivity contribution is 6.98. The number of imidazole rings is 1. The largest absolute Gasteiger partial charge is 0.345 e. The maximum atomic E-state index is 2.47. The molecule has 204 valence electrons. The van der Waals surface area contributed by atoms with E-state index in [0.717, 1.165) is 6.54 Å². The highest BCUT2D eigenvalue weighted by Crippen LogP contribution is 2.40. The van der Waals surface area contributed by atoms with Crippen LogP contribution in [0.4, 0.5) is 11.4 Å². The Bertz CT molecular complexity index is 1780. The summed E-state index contributed by atoms with van der Waals surface area (Å²) in [5, 5.41) is 0. The predicted molar refractivity (Wildman–Crippen MR) is 174 cm³/mol. The van der Waals surface area contributed by atoms with E-state index in [9.17, 15) is 0 Å². The topological polar surface area (TPSA) is 12.1 Å². The first-order valence-corrected chi connectivity index (χ1v) is 15.1. The third kappa shape index (κ3) is 3.76. The van der Waals surface area contributed by atoms with Crippen LogP contribution >= 0.6 is 0 Å². The lowest BCUT2D eigenvalue weighted by Crippen LogP contribution is -2.59. The number of fused-ring (bicyclic) bond motifs is 6. The van der Waals surface area contributed by atoms with E-state index in [-0.39, 0.29) is 6.71 Å². The molecule has 0 radical (unpaired) electrons. The zero-order valence-electron chi connectivity index (χ0n) is 25.4. The molecule has 2 aliphatic heterocycles. The van der Waals surface area contributed by atoms with E-state index < -0.39 is 0 Å². The summed E-state index contributed by atoms with van der Waals surface area (Å²) in [6.07, 6.45) is 4.56. The number of anilines is 2. The summed E-state index contributed by atoms with van der Waals surface area (Å²) in [7, 11) is 2.26. The Morgan fingerprint density at radius 2 is 1.39 bits per heavy atom. The molecule has 5 aromatic rings. The van der Waals surface area contributed by atoms with Crippen molar-refractivity contribution in [1.82, 2.24) is 4.57 Å². The summed E-state index contributed by atoms with van der Waals surface area (Å²) < 4.78 is 4.93. The van der Waals surface area contributed by atoms with Gasteiger partial charge in [0.1, 0.15) is 24.6 Å². The second kappa shape index (κ2) is 9.51. The fourth-order valence-corrected chi connectivity index (χ4v) is 7.55. The van der Waals surface area contributed by atoms with Crippen LogP contribution in [0.3, 0.4) is 0 Å². The van der Waals surface area contributed by atoms with E-state index in [0.29, 0.717) is 11.8 Å². The van der Waals surface area contributed by atoms with Crippen molar-refractivity contribution in [3.63, 3.8) is 0 Å². The summed E-state index contributed by atoms with van der Waals surface area (Å²) >= 11 is 0. The SMILES string of the molecule is Cc1cccc(C)c1B1c2ccccc2N(C)c2c1ccc1c2C[n+]2ccn(-c3c(C(C)C)cccc3C(C)C)c2-1. The van der Waals surface area contributed by atoms with Gasteiger partial charge in [-0.1, -0.05) is 105 Å². The Labute approximate surface area is 245 Å². The molecule has 7 rings (SSSR count). The van der Waals surface area contributed by atoms with Crippen LogP contribution in [0.5, 0.6) is 0 Å². The summed E-state index contributed by atoms with van der Waals surface area (Å²) in [5.74, 6) is 2.17. The first-order chi connectivity index (χ1) is 19.8. The number of hydrogen-bond donors (Lipinski definition) is 0. The molecule has 3 nitrogen and oxygen atoms in total. The van der Waals surface area contributed by atoms with E-state index in [1.165, 1.54) is 72.7 Å². The van der Waals surface area contributed by atoms with Crippen LogP contribution in [0.15, 0.2) is 85.2 Å². The zero-order chi connectivity index (χ0) is 28.6. The van der Waals surface area contributed by atoms with Crippen LogP contribution < -0.4 is 25.9 Å². The van der Waals surface area contributed by atoms with Gasteiger partial charge < -0.3 is 4.90 Å². The smallest absolute Gasteiger partial charge is 0.294 e. The highest BCUT2D eigenvalue weighted by Gasteiger charge is 2.41. The summed E-state index contributed by atoms with van der Waals surface area (Å²) in [5.41, 5.74) is 16.5. The van der Waals surface area contributed by atoms with Crippen LogP contribution in [0.1, 0.15) is 67.3 Å². The van der Waals surface area contributed by atoms with Crippen LogP contribution in [0.25, 0.3) is 17.1 Å². The molecule has 0 bridgehead atoms. The third-order valence-corrected chi connectivity index (χ3v) is 9.45. The molecule has 0 saturated heterocycles. The van der Waals surface area contributed by atoms with Gasteiger partial charge in [-0.05, 0) is 48.7 Å². The molecule has 0 N–H and O–H groups in total. The molecule has 0 fully saturated rings. The number of benzene rings is 4. The van der Waals surface area contributed by atoms with E-state index >= 15 is 0 Å². The van der Waals surface area contributed by atoms with Gasteiger partial charge in [-0.15, -0.1) is 0 Å². The number of rotatable bonds is 4. The molecule has 2 aliphatic rings. The predicted octanol–water partition coefficient (Wildman–Crippen LogP) is 6.25. The van der Waals surface area contributed by atoms with Crippen molar-refractivity contribution in [2.45, 2.75) is 59.9 Å². The average molecular weight is 537 g/mol. The zero-order valence-corrected chi connectivity index (χ0v) is 25.4. The van der Waals surface area contributed by atoms with Crippen molar-refractivity contribution < 1.29 is 4.57 Å². The Morgan fingerprint density at radius 1 is 0.732 bits per heavy atom. The average Bonchev–Trinajstić information content (AvgIpc) is 3.53. The Hall–Kier alpha value is -4.05. The lowest BCUT2D eigenvalue weighted by molar-refractivity contribution is -0.671. The highest BCUT2D eigenvalue weighted by atomic mass is 15.2. The molecular weight excluding hydrogens is 497 g/mol. The summed E-state index contributed by atoms with van der Waals surface area (Å²) in [6, 6.07) is 27.4. The molecule has 1 aromatic heterocycles. The third-order valence-electron chi connectivity index (χ3n) is 9.45. The van der Waals surface area contributed by atoms with Gasteiger partial charge in [-0.3, -0.25) is 0 Å². The number of aromatic nitrogens is 2. The number of para-hydroxylation sites is 2. The quantitative estimate of drug-likeness (QED) is 0.192. The van der Waals surface area contributed by atoms with Crippen LogP contribution in [-0.2, 0) is 6.54 Å². The van der Waals surface area contributed by atoms with Gasteiger partial charge >= 0.3 is 0 Å². The van der Waals surface area contributed by atoms with E-state index in [1.807, 2.05) is 0 Å². The summed E-state index contributed by atoms with van der Waals surface area (Å²) in [4.78, 5) is 2.45. The first kappa shape index (κ1) is 25.9. The monoisotopic (exact) mass is 536 g/mol. The minimum absolute atomic E-state index is 0.213. The van der Waals surface area contributed by atoms with Gasteiger partial charge in [-0.25, -0.2) is 4.57 Å². The molecule has 0 aliphatic carbocycles. The van der Waals surface area contributed by atoms with E-state index in [2.05, 4.69) is 148 Å². The lowest BCUT2D eigenvalue weighted by Gasteiger charge is -2.36. The molecule has 0 spiro atoms. The van der Waals surface area contributed by atoms with Crippen molar-refractivity contribution in [3.05, 3.63) is 113 Å². The fourth-order valence-electron chi connectivity index (χ4n) is 7.55. The number of hydrogen-bond acceptors (Lipinski definition) is 1. The van der Waals surface area contributed by atoms with Crippen LogP contribution in [-0.4, -0.2) is 18.3 Å². The molecule has 3 heterocycles. The van der Waals surface area contributed by atoms with E-state index in [1.54, 1.807) is 0 Å². The van der Waals surface area contributed by atoms with Gasteiger partial charge in [0.15, 0.2) is 0 Å². The normalized spacial score (nSPS) is 13.5. The lowest BCUT2D eigenvalue weighted by atomic mass is 9.33.